The smallest absolute Gasteiger partial charge is 0.153 e. The molecular weight excluding hydrogens is 332 g/mol. The molecule has 0 aliphatic carbocycles. The summed E-state index contributed by atoms with van der Waals surface area (Å²) in [5, 5.41) is 1.69. The third-order valence-corrected chi connectivity index (χ3v) is 4.87. The summed E-state index contributed by atoms with van der Waals surface area (Å²) >= 11 is 0. The maximum atomic E-state index is 6.39. The van der Waals surface area contributed by atoms with E-state index in [1.807, 2.05) is 60.7 Å². The Hall–Kier alpha value is -3.56. The van der Waals surface area contributed by atoms with Crippen LogP contribution in [0.5, 0.6) is 11.5 Å². The van der Waals surface area contributed by atoms with E-state index in [9.17, 15) is 0 Å². The number of fused-ring (bicyclic) bond motifs is 2. The van der Waals surface area contributed by atoms with Crippen molar-refractivity contribution in [3.63, 3.8) is 0 Å². The first-order chi connectivity index (χ1) is 13.3. The summed E-state index contributed by atoms with van der Waals surface area (Å²) in [4.78, 5) is 0. The largest absolute Gasteiger partial charge is 0.453 e. The number of anilines is 2. The fourth-order valence-corrected chi connectivity index (χ4v) is 3.46. The zero-order chi connectivity index (χ0) is 18.2. The molecule has 1 aliphatic rings. The highest BCUT2D eigenvalue weighted by molar-refractivity contribution is 5.82. The first-order valence-corrected chi connectivity index (χ1v) is 8.91. The lowest BCUT2D eigenvalue weighted by atomic mass is 10.0. The molecule has 0 atom stereocenters. The van der Waals surface area contributed by atoms with Crippen molar-refractivity contribution in [1.29, 1.82) is 0 Å². The molecule has 4 aromatic rings. The second-order valence-electron chi connectivity index (χ2n) is 6.57. The summed E-state index contributed by atoms with van der Waals surface area (Å²) in [7, 11) is 0. The maximum Gasteiger partial charge on any atom is 0.153 e. The van der Waals surface area contributed by atoms with Crippen molar-refractivity contribution in [3.8, 4) is 33.8 Å². The predicted octanol–water partition coefficient (Wildman–Crippen LogP) is 6.14. The van der Waals surface area contributed by atoms with E-state index in [0.717, 1.165) is 45.1 Å². The lowest BCUT2D eigenvalue weighted by Crippen LogP contribution is -2.28. The van der Waals surface area contributed by atoms with E-state index in [2.05, 4.69) is 36.4 Å². The first-order valence-electron chi connectivity index (χ1n) is 8.91. The quantitative estimate of drug-likeness (QED) is 0.441. The van der Waals surface area contributed by atoms with Crippen LogP contribution in [0.4, 0.5) is 11.4 Å². The van der Waals surface area contributed by atoms with E-state index in [0.29, 0.717) is 0 Å². The van der Waals surface area contributed by atoms with Gasteiger partial charge in [0.2, 0.25) is 0 Å². The maximum absolute atomic E-state index is 6.39. The Labute approximate surface area is 158 Å². The monoisotopic (exact) mass is 350 g/mol. The Morgan fingerprint density at radius 2 is 0.963 bits per heavy atom. The van der Waals surface area contributed by atoms with Gasteiger partial charge >= 0.3 is 0 Å². The van der Waals surface area contributed by atoms with Crippen LogP contribution in [0, 0.1) is 0 Å². The van der Waals surface area contributed by atoms with Gasteiger partial charge < -0.3 is 4.74 Å². The predicted molar refractivity (Wildman–Crippen MR) is 110 cm³/mol. The van der Waals surface area contributed by atoms with Crippen molar-refractivity contribution in [2.75, 3.05) is 5.01 Å². The van der Waals surface area contributed by atoms with Crippen LogP contribution in [-0.2, 0) is 0 Å². The Kier molecular flexibility index (Phi) is 3.66. The molecule has 0 amide bonds. The molecule has 4 aromatic carbocycles. The standard InChI is InChI=1S/C24H18N2O/c25-26-21-13-11-19(17-7-3-1-4-8-17)15-23(21)27-24-16-20(12-14-22(24)26)18-9-5-2-6-10-18/h1-16H,25H2. The topological polar surface area (TPSA) is 38.5 Å². The molecule has 1 heterocycles. The third-order valence-electron chi connectivity index (χ3n) is 4.87. The number of nitrogens with zero attached hydrogens (tertiary/aromatic N) is 1. The zero-order valence-electron chi connectivity index (χ0n) is 14.7. The van der Waals surface area contributed by atoms with Crippen molar-refractivity contribution >= 4 is 11.4 Å². The zero-order valence-corrected chi connectivity index (χ0v) is 14.7. The average Bonchev–Trinajstić information content (AvgIpc) is 2.74. The molecule has 0 radical (unpaired) electrons. The third kappa shape index (κ3) is 2.75. The molecule has 1 aliphatic heterocycles. The molecule has 5 rings (SSSR count). The molecule has 0 bridgehead atoms. The molecule has 3 nitrogen and oxygen atoms in total. The molecule has 0 saturated carbocycles. The van der Waals surface area contributed by atoms with E-state index in [-0.39, 0.29) is 0 Å². The number of hydrogen-bond acceptors (Lipinski definition) is 3. The van der Waals surface area contributed by atoms with Crippen LogP contribution in [0.2, 0.25) is 0 Å². The number of rotatable bonds is 2. The van der Waals surface area contributed by atoms with Crippen LogP contribution in [0.1, 0.15) is 0 Å². The highest BCUT2D eigenvalue weighted by Gasteiger charge is 2.23. The summed E-state index contributed by atoms with van der Waals surface area (Å²) in [6.07, 6.45) is 0. The molecule has 3 heteroatoms. The van der Waals surface area contributed by atoms with Crippen molar-refractivity contribution in [1.82, 2.24) is 0 Å². The summed E-state index contributed by atoms with van der Waals surface area (Å²) in [5.74, 6) is 7.91. The Bertz CT molecular complexity index is 1020. The minimum atomic E-state index is 0.761. The van der Waals surface area contributed by atoms with E-state index < -0.39 is 0 Å². The minimum absolute atomic E-state index is 0.761. The SMILES string of the molecule is NN1c2ccc(-c3ccccc3)cc2Oc2cc(-c3ccccc3)ccc21. The molecule has 130 valence electrons. The van der Waals surface area contributed by atoms with Crippen LogP contribution in [0.15, 0.2) is 97.1 Å². The molecule has 0 unspecified atom stereocenters. The van der Waals surface area contributed by atoms with E-state index >= 15 is 0 Å². The molecule has 27 heavy (non-hydrogen) atoms. The lowest BCUT2D eigenvalue weighted by molar-refractivity contribution is 0.474. The van der Waals surface area contributed by atoms with Gasteiger partial charge in [-0.3, -0.25) is 5.01 Å². The van der Waals surface area contributed by atoms with E-state index in [1.165, 1.54) is 0 Å². The second kappa shape index (κ2) is 6.31. The van der Waals surface area contributed by atoms with Gasteiger partial charge in [-0.1, -0.05) is 72.8 Å². The van der Waals surface area contributed by atoms with Crippen molar-refractivity contribution < 1.29 is 4.74 Å². The van der Waals surface area contributed by atoms with Crippen LogP contribution >= 0.6 is 0 Å². The van der Waals surface area contributed by atoms with Gasteiger partial charge in [-0.2, -0.15) is 0 Å². The normalized spacial score (nSPS) is 12.1. The van der Waals surface area contributed by atoms with Gasteiger partial charge in [-0.25, -0.2) is 5.84 Å². The summed E-state index contributed by atoms with van der Waals surface area (Å²) < 4.78 is 6.25. The number of ether oxygens (including phenoxy) is 1. The van der Waals surface area contributed by atoms with Crippen LogP contribution in [-0.4, -0.2) is 0 Å². The van der Waals surface area contributed by atoms with Gasteiger partial charge in [0.25, 0.3) is 0 Å². The van der Waals surface area contributed by atoms with Gasteiger partial charge in [-0.05, 0) is 46.5 Å². The molecular formula is C24H18N2O. The number of hydrazine groups is 1. The van der Waals surface area contributed by atoms with Crippen molar-refractivity contribution in [3.05, 3.63) is 97.1 Å². The number of benzene rings is 4. The molecule has 0 saturated heterocycles. The molecule has 0 spiro atoms. The fraction of sp³-hybridized carbons (Fsp3) is 0. The Morgan fingerprint density at radius 3 is 1.41 bits per heavy atom. The minimum Gasteiger partial charge on any atom is -0.453 e. The van der Waals surface area contributed by atoms with Crippen LogP contribution < -0.4 is 15.6 Å². The Morgan fingerprint density at radius 1 is 0.519 bits per heavy atom. The summed E-state index contributed by atoms with van der Waals surface area (Å²) in [5.41, 5.74) is 6.22. The van der Waals surface area contributed by atoms with Crippen molar-refractivity contribution in [2.45, 2.75) is 0 Å². The Balaban J connectivity index is 1.57. The fourth-order valence-electron chi connectivity index (χ4n) is 3.46. The number of hydrogen-bond donors (Lipinski definition) is 1. The van der Waals surface area contributed by atoms with Crippen LogP contribution in [0.3, 0.4) is 0 Å². The van der Waals surface area contributed by atoms with Gasteiger partial charge in [0, 0.05) is 0 Å². The van der Waals surface area contributed by atoms with Gasteiger partial charge in [0.1, 0.15) is 11.4 Å². The van der Waals surface area contributed by atoms with Crippen LogP contribution in [0.25, 0.3) is 22.3 Å². The summed E-state index contributed by atoms with van der Waals surface area (Å²) in [6, 6.07) is 32.8. The highest BCUT2D eigenvalue weighted by atomic mass is 16.5. The first kappa shape index (κ1) is 15.7. The lowest BCUT2D eigenvalue weighted by Gasteiger charge is -2.29. The van der Waals surface area contributed by atoms with Gasteiger partial charge in [0.05, 0.1) is 0 Å². The molecule has 0 aromatic heterocycles. The summed E-state index contributed by atoms with van der Waals surface area (Å²) in [6.45, 7) is 0. The van der Waals surface area contributed by atoms with E-state index in [1.54, 1.807) is 5.01 Å². The van der Waals surface area contributed by atoms with Gasteiger partial charge in [-0.15, -0.1) is 0 Å². The molecule has 0 fully saturated rings. The van der Waals surface area contributed by atoms with Crippen molar-refractivity contribution in [2.24, 2.45) is 5.84 Å². The van der Waals surface area contributed by atoms with E-state index in [4.69, 9.17) is 10.6 Å². The number of nitrogens with two attached hydrogens (primary N) is 1. The highest BCUT2D eigenvalue weighted by Crippen LogP contribution is 2.47. The molecule has 2 N–H and O–H groups in total. The second-order valence-corrected chi connectivity index (χ2v) is 6.57. The average molecular weight is 350 g/mol. The van der Waals surface area contributed by atoms with Gasteiger partial charge in [0.15, 0.2) is 11.5 Å².